The van der Waals surface area contributed by atoms with Crippen LogP contribution in [-0.2, 0) is 0 Å². The number of anilines is 3. The molecule has 1 aliphatic heterocycles. The number of piperidine rings is 1. The first-order valence-corrected chi connectivity index (χ1v) is 9.89. The van der Waals surface area contributed by atoms with Crippen molar-refractivity contribution in [3.63, 3.8) is 0 Å². The standard InChI is InChI=1S/C22H28N4O3/c1-15-9-11-25(12-10-15)20-8-5-17(14-21(20)26(28)29)22(27)23-19-7-6-18(24(3)4)13-16(19)2/h5-8,13-15H,9-12H2,1-4H3,(H,23,27). The van der Waals surface area contributed by atoms with E-state index >= 15 is 0 Å². The van der Waals surface area contributed by atoms with Crippen LogP contribution < -0.4 is 15.1 Å². The molecule has 1 fully saturated rings. The fourth-order valence-electron chi connectivity index (χ4n) is 3.59. The first kappa shape index (κ1) is 20.6. The maximum Gasteiger partial charge on any atom is 0.293 e. The Kier molecular flexibility index (Phi) is 6.06. The fraction of sp³-hybridized carbons (Fsp3) is 0.409. The van der Waals surface area contributed by atoms with Gasteiger partial charge in [-0.1, -0.05) is 6.92 Å². The lowest BCUT2D eigenvalue weighted by Crippen LogP contribution is -2.33. The van der Waals surface area contributed by atoms with Crippen LogP contribution in [0.2, 0.25) is 0 Å². The minimum absolute atomic E-state index is 0.0214. The van der Waals surface area contributed by atoms with Crippen LogP contribution in [0.1, 0.15) is 35.7 Å². The molecule has 0 radical (unpaired) electrons. The molecule has 7 heteroatoms. The van der Waals surface area contributed by atoms with E-state index in [-0.39, 0.29) is 17.2 Å². The second-order valence-electron chi connectivity index (χ2n) is 7.98. The minimum Gasteiger partial charge on any atom is -0.378 e. The van der Waals surface area contributed by atoms with Gasteiger partial charge in [0.2, 0.25) is 0 Å². The number of nitro groups is 1. The Hall–Kier alpha value is -3.09. The molecule has 1 aliphatic rings. The van der Waals surface area contributed by atoms with Gasteiger partial charge in [0.1, 0.15) is 5.69 Å². The summed E-state index contributed by atoms with van der Waals surface area (Å²) in [5.41, 5.74) is 3.51. The number of benzene rings is 2. The number of amides is 1. The first-order valence-electron chi connectivity index (χ1n) is 9.89. The number of carbonyl (C=O) groups is 1. The highest BCUT2D eigenvalue weighted by Gasteiger charge is 2.25. The van der Waals surface area contributed by atoms with Crippen molar-refractivity contribution in [3.05, 3.63) is 57.6 Å². The van der Waals surface area contributed by atoms with Crippen molar-refractivity contribution in [2.24, 2.45) is 5.92 Å². The SMILES string of the molecule is Cc1cc(N(C)C)ccc1NC(=O)c1ccc(N2CCC(C)CC2)c([N+](=O)[O-])c1. The molecule has 1 saturated heterocycles. The van der Waals surface area contributed by atoms with Crippen LogP contribution in [0, 0.1) is 23.0 Å². The van der Waals surface area contributed by atoms with Crippen LogP contribution in [0.3, 0.4) is 0 Å². The Bertz CT molecular complexity index is 918. The Labute approximate surface area is 171 Å². The molecule has 0 aliphatic carbocycles. The quantitative estimate of drug-likeness (QED) is 0.596. The number of hydrogen-bond donors (Lipinski definition) is 1. The van der Waals surface area contributed by atoms with E-state index in [9.17, 15) is 14.9 Å². The van der Waals surface area contributed by atoms with E-state index < -0.39 is 4.92 Å². The minimum atomic E-state index is -0.402. The molecular weight excluding hydrogens is 368 g/mol. The molecule has 3 rings (SSSR count). The zero-order valence-electron chi connectivity index (χ0n) is 17.4. The Morgan fingerprint density at radius 2 is 1.86 bits per heavy atom. The van der Waals surface area contributed by atoms with Crippen molar-refractivity contribution in [1.29, 1.82) is 0 Å². The summed E-state index contributed by atoms with van der Waals surface area (Å²) in [4.78, 5) is 28.0. The Morgan fingerprint density at radius 3 is 2.45 bits per heavy atom. The van der Waals surface area contributed by atoms with Crippen molar-refractivity contribution < 1.29 is 9.72 Å². The summed E-state index contributed by atoms with van der Waals surface area (Å²) in [5.74, 6) is 0.283. The van der Waals surface area contributed by atoms with Crippen LogP contribution in [-0.4, -0.2) is 38.0 Å². The van der Waals surface area contributed by atoms with Gasteiger partial charge in [-0.3, -0.25) is 14.9 Å². The maximum atomic E-state index is 12.7. The van der Waals surface area contributed by atoms with Gasteiger partial charge < -0.3 is 15.1 Å². The third-order valence-electron chi connectivity index (χ3n) is 5.53. The van der Waals surface area contributed by atoms with Gasteiger partial charge in [0.05, 0.1) is 4.92 Å². The molecule has 1 amide bonds. The number of nitrogens with one attached hydrogen (secondary N) is 1. The van der Waals surface area contributed by atoms with Gasteiger partial charge in [-0.05, 0) is 61.6 Å². The van der Waals surface area contributed by atoms with Gasteiger partial charge >= 0.3 is 0 Å². The molecule has 0 atom stereocenters. The average molecular weight is 396 g/mol. The van der Waals surface area contributed by atoms with E-state index in [1.807, 2.05) is 49.0 Å². The summed E-state index contributed by atoms with van der Waals surface area (Å²) in [5, 5.41) is 14.5. The topological polar surface area (TPSA) is 78.7 Å². The summed E-state index contributed by atoms with van der Waals surface area (Å²) in [7, 11) is 3.91. The molecule has 1 N–H and O–H groups in total. The fourth-order valence-corrected chi connectivity index (χ4v) is 3.59. The van der Waals surface area contributed by atoms with Crippen molar-refractivity contribution in [2.75, 3.05) is 42.3 Å². The second-order valence-corrected chi connectivity index (χ2v) is 7.98. The first-order chi connectivity index (χ1) is 13.8. The molecule has 2 aromatic rings. The van der Waals surface area contributed by atoms with Crippen molar-refractivity contribution in [2.45, 2.75) is 26.7 Å². The van der Waals surface area contributed by atoms with Gasteiger partial charge in [-0.15, -0.1) is 0 Å². The molecule has 0 saturated carbocycles. The van der Waals surface area contributed by atoms with Gasteiger partial charge in [0, 0.05) is 50.2 Å². The van der Waals surface area contributed by atoms with E-state index in [1.165, 1.54) is 6.07 Å². The molecule has 0 bridgehead atoms. The lowest BCUT2D eigenvalue weighted by molar-refractivity contribution is -0.384. The highest BCUT2D eigenvalue weighted by Crippen LogP contribution is 2.32. The molecule has 0 spiro atoms. The Morgan fingerprint density at radius 1 is 1.17 bits per heavy atom. The number of nitro benzene ring substituents is 1. The average Bonchev–Trinajstić information content (AvgIpc) is 2.69. The zero-order valence-corrected chi connectivity index (χ0v) is 17.4. The van der Waals surface area contributed by atoms with Gasteiger partial charge in [-0.2, -0.15) is 0 Å². The van der Waals surface area contributed by atoms with E-state index in [2.05, 4.69) is 12.2 Å². The lowest BCUT2D eigenvalue weighted by Gasteiger charge is -2.31. The predicted octanol–water partition coefficient (Wildman–Crippen LogP) is 4.46. The third-order valence-corrected chi connectivity index (χ3v) is 5.53. The van der Waals surface area contributed by atoms with E-state index in [1.54, 1.807) is 12.1 Å². The summed E-state index contributed by atoms with van der Waals surface area (Å²) in [6, 6.07) is 10.5. The van der Waals surface area contributed by atoms with E-state index in [0.29, 0.717) is 17.3 Å². The third kappa shape index (κ3) is 4.67. The zero-order chi connectivity index (χ0) is 21.1. The largest absolute Gasteiger partial charge is 0.378 e. The monoisotopic (exact) mass is 396 g/mol. The number of rotatable bonds is 5. The van der Waals surface area contributed by atoms with Crippen LogP contribution in [0.5, 0.6) is 0 Å². The van der Waals surface area contributed by atoms with Gasteiger partial charge in [0.15, 0.2) is 0 Å². The molecule has 154 valence electrons. The smallest absolute Gasteiger partial charge is 0.293 e. The summed E-state index contributed by atoms with van der Waals surface area (Å²) in [6.45, 7) is 5.72. The van der Waals surface area contributed by atoms with Crippen LogP contribution in [0.15, 0.2) is 36.4 Å². The lowest BCUT2D eigenvalue weighted by atomic mass is 9.98. The maximum absolute atomic E-state index is 12.7. The number of aryl methyl sites for hydroxylation is 1. The summed E-state index contributed by atoms with van der Waals surface area (Å²) >= 11 is 0. The van der Waals surface area contributed by atoms with E-state index in [0.717, 1.165) is 37.2 Å². The molecule has 0 aromatic heterocycles. The molecule has 29 heavy (non-hydrogen) atoms. The van der Waals surface area contributed by atoms with Crippen molar-refractivity contribution >= 4 is 28.7 Å². The normalized spacial score (nSPS) is 14.6. The summed E-state index contributed by atoms with van der Waals surface area (Å²) in [6.07, 6.45) is 2.03. The molecular formula is C22H28N4O3. The summed E-state index contributed by atoms with van der Waals surface area (Å²) < 4.78 is 0. The van der Waals surface area contributed by atoms with E-state index in [4.69, 9.17) is 0 Å². The van der Waals surface area contributed by atoms with Crippen molar-refractivity contribution in [3.8, 4) is 0 Å². The van der Waals surface area contributed by atoms with Crippen LogP contribution in [0.25, 0.3) is 0 Å². The molecule has 0 unspecified atom stereocenters. The molecule has 7 nitrogen and oxygen atoms in total. The van der Waals surface area contributed by atoms with Gasteiger partial charge in [-0.25, -0.2) is 0 Å². The number of carbonyl (C=O) groups excluding carboxylic acids is 1. The van der Waals surface area contributed by atoms with Crippen molar-refractivity contribution in [1.82, 2.24) is 0 Å². The molecule has 2 aromatic carbocycles. The highest BCUT2D eigenvalue weighted by molar-refractivity contribution is 6.05. The van der Waals surface area contributed by atoms with Crippen LogP contribution in [0.4, 0.5) is 22.7 Å². The van der Waals surface area contributed by atoms with Crippen LogP contribution >= 0.6 is 0 Å². The molecule has 1 heterocycles. The van der Waals surface area contributed by atoms with Gasteiger partial charge in [0.25, 0.3) is 11.6 Å². The predicted molar refractivity (Wildman–Crippen MR) is 117 cm³/mol. The Balaban J connectivity index is 1.82. The highest BCUT2D eigenvalue weighted by atomic mass is 16.6. The number of hydrogen-bond acceptors (Lipinski definition) is 5. The second kappa shape index (κ2) is 8.51. The number of nitrogens with zero attached hydrogens (tertiary/aromatic N) is 3.